The summed E-state index contributed by atoms with van der Waals surface area (Å²) in [6.45, 7) is 0. The topological polar surface area (TPSA) is 76.1 Å². The second-order valence-electron chi connectivity index (χ2n) is 1.23. The second kappa shape index (κ2) is 3.50. The van der Waals surface area contributed by atoms with Crippen molar-refractivity contribution >= 4 is 5.97 Å². The predicted molar refractivity (Wildman–Crippen MR) is 29.9 cm³/mol. The van der Waals surface area contributed by atoms with Gasteiger partial charge in [0.15, 0.2) is 0 Å². The Kier molecular flexibility index (Phi) is 2.91. The first-order valence-electron chi connectivity index (χ1n) is 2.16. The average Bonchev–Trinajstić information content (AvgIpc) is 1.87. The van der Waals surface area contributed by atoms with Crippen LogP contribution in [0.1, 0.15) is 0 Å². The minimum Gasteiger partial charge on any atom is -0.466 e. The van der Waals surface area contributed by atoms with Gasteiger partial charge < -0.3 is 10.5 Å². The number of allylic oxidation sites excluding steroid dienone is 1. The summed E-state index contributed by atoms with van der Waals surface area (Å²) in [6, 6.07) is 1.57. The van der Waals surface area contributed by atoms with Crippen molar-refractivity contribution < 1.29 is 9.53 Å². The Morgan fingerprint density at radius 1 is 1.89 bits per heavy atom. The van der Waals surface area contributed by atoms with Gasteiger partial charge in [-0.2, -0.15) is 5.26 Å². The summed E-state index contributed by atoms with van der Waals surface area (Å²) in [6.07, 6.45) is 0.917. The van der Waals surface area contributed by atoms with Crippen molar-refractivity contribution in [2.75, 3.05) is 7.11 Å². The van der Waals surface area contributed by atoms with Crippen LogP contribution in [-0.2, 0) is 9.53 Å². The third kappa shape index (κ3) is 3.12. The van der Waals surface area contributed by atoms with Gasteiger partial charge in [-0.15, -0.1) is 0 Å². The van der Waals surface area contributed by atoms with Crippen LogP contribution in [0.15, 0.2) is 11.8 Å². The van der Waals surface area contributed by atoms with Gasteiger partial charge in [0, 0.05) is 0 Å². The highest BCUT2D eigenvalue weighted by molar-refractivity contribution is 5.83. The molecule has 0 aliphatic carbocycles. The van der Waals surface area contributed by atoms with Crippen LogP contribution >= 0.6 is 0 Å². The molecule has 2 N–H and O–H groups in total. The molecule has 0 spiro atoms. The zero-order valence-electron chi connectivity index (χ0n) is 4.92. The number of carbonyl (C=O) groups is 1. The molecule has 0 saturated heterocycles. The van der Waals surface area contributed by atoms with Gasteiger partial charge in [-0.1, -0.05) is 0 Å². The maximum atomic E-state index is 10.3. The third-order valence-electron chi connectivity index (χ3n) is 0.604. The van der Waals surface area contributed by atoms with Gasteiger partial charge >= 0.3 is 5.97 Å². The summed E-state index contributed by atoms with van der Waals surface area (Å²) in [4.78, 5) is 10.3. The fraction of sp³-hybridized carbons (Fsp3) is 0.200. The molecule has 0 atom stereocenters. The molecule has 0 aromatic rings. The van der Waals surface area contributed by atoms with Crippen molar-refractivity contribution in [3.05, 3.63) is 11.8 Å². The van der Waals surface area contributed by atoms with E-state index in [-0.39, 0.29) is 5.70 Å². The molecular weight excluding hydrogens is 120 g/mol. The van der Waals surface area contributed by atoms with E-state index in [2.05, 4.69) is 4.74 Å². The van der Waals surface area contributed by atoms with Crippen molar-refractivity contribution in [2.45, 2.75) is 0 Å². The molecule has 0 saturated carbocycles. The molecule has 4 nitrogen and oxygen atoms in total. The zero-order chi connectivity index (χ0) is 7.28. The number of nitrogens with two attached hydrogens (primary N) is 1. The summed E-state index contributed by atoms with van der Waals surface area (Å²) in [7, 11) is 1.21. The molecule has 0 aromatic heterocycles. The largest absolute Gasteiger partial charge is 0.466 e. The number of methoxy groups -OCH3 is 1. The van der Waals surface area contributed by atoms with E-state index in [1.165, 1.54) is 7.11 Å². The highest BCUT2D eigenvalue weighted by atomic mass is 16.5. The summed E-state index contributed by atoms with van der Waals surface area (Å²) < 4.78 is 4.18. The van der Waals surface area contributed by atoms with Crippen molar-refractivity contribution in [3.63, 3.8) is 0 Å². The molecule has 0 aromatic carbocycles. The van der Waals surface area contributed by atoms with Crippen LogP contribution in [-0.4, -0.2) is 13.1 Å². The Balaban J connectivity index is 4.00. The zero-order valence-corrected chi connectivity index (χ0v) is 4.92. The van der Waals surface area contributed by atoms with Gasteiger partial charge in [-0.25, -0.2) is 4.79 Å². The highest BCUT2D eigenvalue weighted by Crippen LogP contribution is 1.81. The van der Waals surface area contributed by atoms with Gasteiger partial charge in [0.2, 0.25) is 0 Å². The van der Waals surface area contributed by atoms with Crippen LogP contribution in [0.25, 0.3) is 0 Å². The maximum absolute atomic E-state index is 10.3. The molecule has 0 radical (unpaired) electrons. The molecule has 0 bridgehead atoms. The lowest BCUT2D eigenvalue weighted by molar-refractivity contribution is -0.134. The first-order chi connectivity index (χ1) is 4.20. The number of nitriles is 1. The van der Waals surface area contributed by atoms with Gasteiger partial charge in [-0.05, 0) is 0 Å². The number of hydrogen-bond acceptors (Lipinski definition) is 4. The number of nitrogens with zero attached hydrogens (tertiary/aromatic N) is 1. The molecule has 9 heavy (non-hydrogen) atoms. The molecular formula is C5H6N2O2. The molecule has 0 unspecified atom stereocenters. The quantitative estimate of drug-likeness (QED) is 0.292. The fourth-order valence-electron chi connectivity index (χ4n) is 0.218. The Labute approximate surface area is 52.5 Å². The van der Waals surface area contributed by atoms with E-state index in [1.807, 2.05) is 0 Å². The Morgan fingerprint density at radius 3 is 2.78 bits per heavy atom. The lowest BCUT2D eigenvalue weighted by Gasteiger charge is -1.87. The molecule has 0 fully saturated rings. The third-order valence-corrected chi connectivity index (χ3v) is 0.604. The van der Waals surface area contributed by atoms with E-state index in [9.17, 15) is 4.79 Å². The molecule has 0 aliphatic heterocycles. The van der Waals surface area contributed by atoms with Gasteiger partial charge in [0.25, 0.3) is 0 Å². The highest BCUT2D eigenvalue weighted by Gasteiger charge is 1.93. The van der Waals surface area contributed by atoms with E-state index in [0.717, 1.165) is 6.08 Å². The second-order valence-corrected chi connectivity index (χ2v) is 1.23. The summed E-state index contributed by atoms with van der Waals surface area (Å²) in [5, 5.41) is 8.03. The lowest BCUT2D eigenvalue weighted by atomic mass is 10.4. The number of rotatable bonds is 1. The first kappa shape index (κ1) is 7.50. The van der Waals surface area contributed by atoms with Crippen molar-refractivity contribution in [1.82, 2.24) is 0 Å². The monoisotopic (exact) mass is 126 g/mol. The summed E-state index contributed by atoms with van der Waals surface area (Å²) in [5.41, 5.74) is 4.80. The lowest BCUT2D eigenvalue weighted by Crippen LogP contribution is -2.01. The predicted octanol–water partition coefficient (Wildman–Crippen LogP) is -0.474. The van der Waals surface area contributed by atoms with Crippen LogP contribution in [0.2, 0.25) is 0 Å². The Morgan fingerprint density at radius 2 is 2.44 bits per heavy atom. The maximum Gasteiger partial charge on any atom is 0.333 e. The van der Waals surface area contributed by atoms with E-state index in [4.69, 9.17) is 11.0 Å². The Bertz CT molecular complexity index is 178. The number of hydrogen-bond donors (Lipinski definition) is 1. The van der Waals surface area contributed by atoms with Crippen molar-refractivity contribution in [1.29, 1.82) is 5.26 Å². The smallest absolute Gasteiger partial charge is 0.333 e. The van der Waals surface area contributed by atoms with Gasteiger partial charge in [0.1, 0.15) is 11.8 Å². The molecule has 0 rings (SSSR count). The van der Waals surface area contributed by atoms with Crippen LogP contribution < -0.4 is 5.73 Å². The Hall–Kier alpha value is -1.50. The van der Waals surface area contributed by atoms with Crippen LogP contribution in [0.4, 0.5) is 0 Å². The van der Waals surface area contributed by atoms with Gasteiger partial charge in [-0.3, -0.25) is 0 Å². The molecule has 0 aliphatic rings. The fourth-order valence-corrected chi connectivity index (χ4v) is 0.218. The first-order valence-corrected chi connectivity index (χ1v) is 2.16. The summed E-state index contributed by atoms with van der Waals surface area (Å²) in [5.74, 6) is -0.617. The van der Waals surface area contributed by atoms with Gasteiger partial charge in [0.05, 0.1) is 13.2 Å². The molecule has 0 amide bonds. The molecule has 0 heterocycles. The summed E-state index contributed by atoms with van der Waals surface area (Å²) >= 11 is 0. The standard InChI is InChI=1S/C5H6N2O2/c1-9-5(8)2-4(7)3-6/h2H,7H2,1H3/b4-2-. The average molecular weight is 126 g/mol. The van der Waals surface area contributed by atoms with Crippen LogP contribution in [0.3, 0.4) is 0 Å². The van der Waals surface area contributed by atoms with Crippen LogP contribution in [0.5, 0.6) is 0 Å². The number of ether oxygens (including phenoxy) is 1. The molecule has 4 heteroatoms. The normalized spacial score (nSPS) is 10.0. The van der Waals surface area contributed by atoms with E-state index < -0.39 is 5.97 Å². The van der Waals surface area contributed by atoms with E-state index >= 15 is 0 Å². The minimum atomic E-state index is -0.617. The molecule has 48 valence electrons. The number of carbonyl (C=O) groups excluding carboxylic acids is 1. The van der Waals surface area contributed by atoms with E-state index in [1.54, 1.807) is 6.07 Å². The minimum absolute atomic E-state index is 0.151. The van der Waals surface area contributed by atoms with Crippen molar-refractivity contribution in [2.24, 2.45) is 5.73 Å². The SMILES string of the molecule is COC(=O)/C=C(\N)C#N. The van der Waals surface area contributed by atoms with Crippen molar-refractivity contribution in [3.8, 4) is 6.07 Å². The van der Waals surface area contributed by atoms with Crippen LogP contribution in [0, 0.1) is 11.3 Å². The number of esters is 1. The van der Waals surface area contributed by atoms with E-state index in [0.29, 0.717) is 0 Å².